The van der Waals surface area contributed by atoms with Crippen molar-refractivity contribution in [1.29, 1.82) is 0 Å². The predicted molar refractivity (Wildman–Crippen MR) is 122 cm³/mol. The van der Waals surface area contributed by atoms with Crippen molar-refractivity contribution in [1.82, 2.24) is 14.8 Å². The summed E-state index contributed by atoms with van der Waals surface area (Å²) in [4.78, 5) is 0. The number of aromatic amines is 1. The van der Waals surface area contributed by atoms with Crippen molar-refractivity contribution in [2.45, 2.75) is 13.3 Å². The molecule has 0 amide bonds. The van der Waals surface area contributed by atoms with E-state index in [9.17, 15) is 0 Å². The molecule has 1 heterocycles. The Morgan fingerprint density at radius 2 is 1.66 bits per heavy atom. The third kappa shape index (κ3) is 4.08. The summed E-state index contributed by atoms with van der Waals surface area (Å²) in [5, 5.41) is 11.9. The van der Waals surface area contributed by atoms with Crippen LogP contribution in [0.1, 0.15) is 17.0 Å². The molecule has 29 heavy (non-hydrogen) atoms. The van der Waals surface area contributed by atoms with Gasteiger partial charge in [0.05, 0.1) is 21.4 Å². The molecular weight excluding hydrogens is 423 g/mol. The van der Waals surface area contributed by atoms with Gasteiger partial charge in [-0.15, -0.1) is 0 Å². The lowest BCUT2D eigenvalue weighted by molar-refractivity contribution is 0.897. The maximum absolute atomic E-state index is 6.34. The SMILES string of the molecule is Cc1ccccc1-n1c(Cc2ccccc2Nc2c(Cl)cccc2Cl)n[nH]c1=S. The number of benzene rings is 3. The number of nitrogens with one attached hydrogen (secondary N) is 2. The van der Waals surface area contributed by atoms with Crippen molar-refractivity contribution in [2.75, 3.05) is 5.32 Å². The average Bonchev–Trinajstić information content (AvgIpc) is 3.06. The standard InChI is InChI=1S/C22H18Cl2N4S/c1-14-7-2-5-12-19(14)28-20(26-27-22(28)29)13-15-8-3-4-11-18(15)25-21-16(23)9-6-10-17(21)24/h2-12,25H,13H2,1H3,(H,27,29). The summed E-state index contributed by atoms with van der Waals surface area (Å²) in [6, 6.07) is 21.5. The van der Waals surface area contributed by atoms with E-state index in [0.717, 1.165) is 28.3 Å². The van der Waals surface area contributed by atoms with Crippen LogP contribution in [0.2, 0.25) is 10.0 Å². The van der Waals surface area contributed by atoms with Crippen LogP contribution in [0.4, 0.5) is 11.4 Å². The topological polar surface area (TPSA) is 45.6 Å². The Balaban J connectivity index is 1.73. The lowest BCUT2D eigenvalue weighted by Crippen LogP contribution is -2.06. The van der Waals surface area contributed by atoms with E-state index in [1.54, 1.807) is 0 Å². The molecule has 4 rings (SSSR count). The summed E-state index contributed by atoms with van der Waals surface area (Å²) in [6.45, 7) is 2.06. The highest BCUT2D eigenvalue weighted by atomic mass is 35.5. The number of halogens is 2. The van der Waals surface area contributed by atoms with Gasteiger partial charge >= 0.3 is 0 Å². The second kappa shape index (κ2) is 8.41. The molecule has 4 nitrogen and oxygen atoms in total. The lowest BCUT2D eigenvalue weighted by Gasteiger charge is -2.15. The monoisotopic (exact) mass is 440 g/mol. The van der Waals surface area contributed by atoms with Crippen LogP contribution in [0, 0.1) is 11.7 Å². The largest absolute Gasteiger partial charge is 0.353 e. The Labute approximate surface area is 184 Å². The number of hydrogen-bond donors (Lipinski definition) is 2. The van der Waals surface area contributed by atoms with Crippen LogP contribution in [-0.4, -0.2) is 14.8 Å². The summed E-state index contributed by atoms with van der Waals surface area (Å²) in [5.74, 6) is 0.823. The highest BCUT2D eigenvalue weighted by molar-refractivity contribution is 7.71. The van der Waals surface area contributed by atoms with Gasteiger partial charge in [0.15, 0.2) is 4.77 Å². The van der Waals surface area contributed by atoms with Crippen molar-refractivity contribution in [3.05, 3.63) is 98.5 Å². The fourth-order valence-corrected chi connectivity index (χ4v) is 3.97. The number of H-pyrrole nitrogens is 1. The molecule has 0 spiro atoms. The van der Waals surface area contributed by atoms with Crippen molar-refractivity contribution in [2.24, 2.45) is 0 Å². The third-order valence-electron chi connectivity index (χ3n) is 4.69. The van der Waals surface area contributed by atoms with Gasteiger partial charge < -0.3 is 5.32 Å². The zero-order valence-corrected chi connectivity index (χ0v) is 17.9. The molecule has 0 saturated carbocycles. The van der Waals surface area contributed by atoms with E-state index >= 15 is 0 Å². The van der Waals surface area contributed by atoms with Crippen LogP contribution in [0.25, 0.3) is 5.69 Å². The van der Waals surface area contributed by atoms with E-state index < -0.39 is 0 Å². The zero-order chi connectivity index (χ0) is 20.4. The summed E-state index contributed by atoms with van der Waals surface area (Å²) in [6.07, 6.45) is 0.576. The van der Waals surface area contributed by atoms with E-state index in [2.05, 4.69) is 28.5 Å². The first-order valence-electron chi connectivity index (χ1n) is 9.06. The third-order valence-corrected chi connectivity index (χ3v) is 5.59. The minimum Gasteiger partial charge on any atom is -0.353 e. The molecule has 0 bridgehead atoms. The van der Waals surface area contributed by atoms with Gasteiger partial charge in [0.2, 0.25) is 0 Å². The van der Waals surface area contributed by atoms with E-state index in [0.29, 0.717) is 26.9 Å². The van der Waals surface area contributed by atoms with Gasteiger partial charge in [0.25, 0.3) is 0 Å². The molecule has 4 aromatic rings. The molecule has 0 unspecified atom stereocenters. The van der Waals surface area contributed by atoms with Crippen molar-refractivity contribution in [3.8, 4) is 5.69 Å². The van der Waals surface area contributed by atoms with Crippen molar-refractivity contribution < 1.29 is 0 Å². The number of para-hydroxylation sites is 3. The highest BCUT2D eigenvalue weighted by Crippen LogP contribution is 2.34. The van der Waals surface area contributed by atoms with E-state index in [-0.39, 0.29) is 0 Å². The van der Waals surface area contributed by atoms with Gasteiger partial charge in [-0.1, -0.05) is 65.7 Å². The molecule has 0 aliphatic carbocycles. The summed E-state index contributed by atoms with van der Waals surface area (Å²) >= 11 is 18.2. The van der Waals surface area contributed by atoms with Crippen LogP contribution in [-0.2, 0) is 6.42 Å². The predicted octanol–water partition coefficient (Wildman–Crippen LogP) is 6.88. The number of anilines is 2. The molecule has 0 aliphatic heterocycles. The van der Waals surface area contributed by atoms with Gasteiger partial charge in [-0.05, 0) is 54.5 Å². The Kier molecular flexibility index (Phi) is 5.72. The first kappa shape index (κ1) is 19.7. The van der Waals surface area contributed by atoms with Crippen molar-refractivity contribution in [3.63, 3.8) is 0 Å². The number of aryl methyl sites for hydroxylation is 1. The van der Waals surface area contributed by atoms with Crippen LogP contribution < -0.4 is 5.32 Å². The quantitative estimate of drug-likeness (QED) is 0.332. The number of rotatable bonds is 5. The van der Waals surface area contributed by atoms with Crippen LogP contribution in [0.3, 0.4) is 0 Å². The van der Waals surface area contributed by atoms with Crippen molar-refractivity contribution >= 4 is 46.8 Å². The Bertz CT molecular complexity index is 1210. The molecule has 0 atom stereocenters. The maximum atomic E-state index is 6.34. The average molecular weight is 441 g/mol. The number of nitrogens with zero attached hydrogens (tertiary/aromatic N) is 2. The van der Waals surface area contributed by atoms with Gasteiger partial charge in [-0.2, -0.15) is 5.10 Å². The molecule has 0 aliphatic rings. The maximum Gasteiger partial charge on any atom is 0.199 e. The summed E-state index contributed by atoms with van der Waals surface area (Å²) < 4.78 is 2.54. The van der Waals surface area contributed by atoms with E-state index in [1.165, 1.54) is 0 Å². The van der Waals surface area contributed by atoms with Gasteiger partial charge in [0.1, 0.15) is 5.82 Å². The minimum atomic E-state index is 0.564. The first-order chi connectivity index (χ1) is 14.0. The summed E-state index contributed by atoms with van der Waals surface area (Å²) in [5.41, 5.74) is 4.78. The second-order valence-electron chi connectivity index (χ2n) is 6.62. The van der Waals surface area contributed by atoms with Crippen LogP contribution in [0.15, 0.2) is 66.7 Å². The molecule has 7 heteroatoms. The molecule has 0 fully saturated rings. The fourth-order valence-electron chi connectivity index (χ4n) is 3.23. The molecule has 0 saturated heterocycles. The highest BCUT2D eigenvalue weighted by Gasteiger charge is 2.14. The Morgan fingerprint density at radius 1 is 0.966 bits per heavy atom. The second-order valence-corrected chi connectivity index (χ2v) is 7.82. The van der Waals surface area contributed by atoms with E-state index in [4.69, 9.17) is 35.4 Å². The molecule has 0 radical (unpaired) electrons. The number of hydrogen-bond acceptors (Lipinski definition) is 3. The van der Waals surface area contributed by atoms with Gasteiger partial charge in [-0.25, -0.2) is 0 Å². The van der Waals surface area contributed by atoms with Gasteiger partial charge in [0, 0.05) is 12.1 Å². The smallest absolute Gasteiger partial charge is 0.199 e. The van der Waals surface area contributed by atoms with Gasteiger partial charge in [-0.3, -0.25) is 9.67 Å². The minimum absolute atomic E-state index is 0.564. The summed E-state index contributed by atoms with van der Waals surface area (Å²) in [7, 11) is 0. The Hall–Kier alpha value is -2.60. The van der Waals surface area contributed by atoms with Crippen LogP contribution >= 0.6 is 35.4 Å². The number of aromatic nitrogens is 3. The normalized spacial score (nSPS) is 10.9. The van der Waals surface area contributed by atoms with E-state index in [1.807, 2.05) is 65.2 Å². The lowest BCUT2D eigenvalue weighted by atomic mass is 10.1. The Morgan fingerprint density at radius 3 is 2.41 bits per heavy atom. The molecule has 146 valence electrons. The van der Waals surface area contributed by atoms with Crippen LogP contribution in [0.5, 0.6) is 0 Å². The molecule has 3 aromatic carbocycles. The molecular formula is C22H18Cl2N4S. The first-order valence-corrected chi connectivity index (χ1v) is 10.2. The zero-order valence-electron chi connectivity index (χ0n) is 15.6. The fraction of sp³-hybridized carbons (Fsp3) is 0.0909. The molecule has 1 aromatic heterocycles. The molecule has 2 N–H and O–H groups in total.